The zero-order valence-corrected chi connectivity index (χ0v) is 13.9. The van der Waals surface area contributed by atoms with Crippen molar-refractivity contribution in [3.63, 3.8) is 0 Å². The summed E-state index contributed by atoms with van der Waals surface area (Å²) in [4.78, 5) is 18.8. The predicted octanol–water partition coefficient (Wildman–Crippen LogP) is 3.84. The molecular weight excluding hydrogens is 280 g/mol. The fraction of sp³-hybridized carbons (Fsp3) is 0.294. The van der Waals surface area contributed by atoms with Crippen LogP contribution in [0.25, 0.3) is 16.6 Å². The largest absolute Gasteiger partial charge is 0.345 e. The number of carbonyl (C=O) groups excluding carboxylic acids is 1. The van der Waals surface area contributed by atoms with E-state index in [4.69, 9.17) is 0 Å². The summed E-state index contributed by atoms with van der Waals surface area (Å²) < 4.78 is 0. The van der Waals surface area contributed by atoms with Crippen LogP contribution in [0.4, 0.5) is 0 Å². The maximum atomic E-state index is 11.6. The first-order valence-corrected chi connectivity index (χ1v) is 7.64. The van der Waals surface area contributed by atoms with Gasteiger partial charge in [-0.15, -0.1) is 11.3 Å². The fourth-order valence-corrected chi connectivity index (χ4v) is 3.09. The zero-order valence-electron chi connectivity index (χ0n) is 13.1. The second-order valence-electron chi connectivity index (χ2n) is 5.35. The van der Waals surface area contributed by atoms with Crippen molar-refractivity contribution in [3.8, 4) is 10.6 Å². The number of carbonyl (C=O) groups is 1. The molecule has 110 valence electrons. The third kappa shape index (κ3) is 3.58. The summed E-state index contributed by atoms with van der Waals surface area (Å²) in [5.41, 5.74) is 4.59. The van der Waals surface area contributed by atoms with E-state index in [0.717, 1.165) is 21.1 Å². The Balaban J connectivity index is 2.33. The van der Waals surface area contributed by atoms with Crippen molar-refractivity contribution in [2.75, 3.05) is 14.1 Å². The molecule has 0 aliphatic carbocycles. The minimum Gasteiger partial charge on any atom is -0.345 e. The van der Waals surface area contributed by atoms with E-state index in [1.807, 2.05) is 13.0 Å². The summed E-state index contributed by atoms with van der Waals surface area (Å²) in [6.45, 7) is 6.17. The standard InChI is InChI=1S/C17H20N2OS/c1-11-6-7-14(12(2)10-11)17-18-13(3)15(21-17)8-9-16(20)19(4)5/h6-10H,1-5H3. The highest BCUT2D eigenvalue weighted by Gasteiger charge is 2.10. The average molecular weight is 300 g/mol. The van der Waals surface area contributed by atoms with Gasteiger partial charge in [0.15, 0.2) is 0 Å². The summed E-state index contributed by atoms with van der Waals surface area (Å²) in [5, 5.41) is 1.00. The number of aromatic nitrogens is 1. The molecule has 0 bridgehead atoms. The average Bonchev–Trinajstić information content (AvgIpc) is 2.76. The van der Waals surface area contributed by atoms with Crippen molar-refractivity contribution in [2.24, 2.45) is 0 Å². The van der Waals surface area contributed by atoms with E-state index >= 15 is 0 Å². The Morgan fingerprint density at radius 3 is 2.57 bits per heavy atom. The molecule has 0 unspecified atom stereocenters. The minimum absolute atomic E-state index is 0.0177. The number of thiazole rings is 1. The summed E-state index contributed by atoms with van der Waals surface area (Å²) >= 11 is 1.62. The molecule has 1 aromatic carbocycles. The number of hydrogen-bond donors (Lipinski definition) is 0. The molecular formula is C17H20N2OS. The Morgan fingerprint density at radius 2 is 1.95 bits per heavy atom. The molecule has 1 aromatic heterocycles. The van der Waals surface area contributed by atoms with Crippen LogP contribution in [0.5, 0.6) is 0 Å². The number of likely N-dealkylation sites (N-methyl/N-ethyl adjacent to an activating group) is 1. The maximum absolute atomic E-state index is 11.6. The zero-order chi connectivity index (χ0) is 15.6. The smallest absolute Gasteiger partial charge is 0.246 e. The van der Waals surface area contributed by atoms with Gasteiger partial charge < -0.3 is 4.90 Å². The van der Waals surface area contributed by atoms with Crippen LogP contribution in [0.3, 0.4) is 0 Å². The SMILES string of the molecule is Cc1ccc(-c2nc(C)c(C=CC(=O)N(C)C)s2)c(C)c1. The minimum atomic E-state index is -0.0177. The number of nitrogens with zero attached hydrogens (tertiary/aromatic N) is 2. The molecule has 0 saturated heterocycles. The van der Waals surface area contributed by atoms with E-state index in [-0.39, 0.29) is 5.91 Å². The molecule has 0 N–H and O–H groups in total. The highest BCUT2D eigenvalue weighted by molar-refractivity contribution is 7.16. The molecule has 0 aliphatic rings. The fourth-order valence-electron chi connectivity index (χ4n) is 2.03. The number of amides is 1. The third-order valence-electron chi connectivity index (χ3n) is 3.26. The predicted molar refractivity (Wildman–Crippen MR) is 89.5 cm³/mol. The maximum Gasteiger partial charge on any atom is 0.246 e. The lowest BCUT2D eigenvalue weighted by molar-refractivity contribution is -0.123. The molecule has 4 heteroatoms. The van der Waals surface area contributed by atoms with Crippen LogP contribution in [-0.4, -0.2) is 29.9 Å². The molecule has 0 aliphatic heterocycles. The van der Waals surface area contributed by atoms with Gasteiger partial charge in [-0.05, 0) is 32.4 Å². The molecule has 2 aromatic rings. The molecule has 3 nitrogen and oxygen atoms in total. The molecule has 1 amide bonds. The van der Waals surface area contributed by atoms with Crippen molar-refractivity contribution in [1.29, 1.82) is 0 Å². The third-order valence-corrected chi connectivity index (χ3v) is 4.42. The molecule has 0 spiro atoms. The van der Waals surface area contributed by atoms with Crippen LogP contribution in [0, 0.1) is 20.8 Å². The Hall–Kier alpha value is -1.94. The van der Waals surface area contributed by atoms with Crippen LogP contribution in [0.1, 0.15) is 21.7 Å². The van der Waals surface area contributed by atoms with Gasteiger partial charge >= 0.3 is 0 Å². The Bertz CT molecular complexity index is 699. The van der Waals surface area contributed by atoms with E-state index < -0.39 is 0 Å². The lowest BCUT2D eigenvalue weighted by Crippen LogP contribution is -2.18. The molecule has 0 saturated carbocycles. The first-order chi connectivity index (χ1) is 9.88. The van der Waals surface area contributed by atoms with Gasteiger partial charge in [0.1, 0.15) is 5.01 Å². The molecule has 21 heavy (non-hydrogen) atoms. The van der Waals surface area contributed by atoms with E-state index in [2.05, 4.69) is 37.0 Å². The number of benzene rings is 1. The van der Waals surface area contributed by atoms with E-state index in [1.165, 1.54) is 11.1 Å². The second-order valence-corrected chi connectivity index (χ2v) is 6.38. The van der Waals surface area contributed by atoms with Crippen molar-refractivity contribution in [2.45, 2.75) is 20.8 Å². The second kappa shape index (κ2) is 6.22. The number of rotatable bonds is 3. The molecule has 0 atom stereocenters. The molecule has 1 heterocycles. The van der Waals surface area contributed by atoms with Crippen molar-refractivity contribution in [1.82, 2.24) is 9.88 Å². The molecule has 2 rings (SSSR count). The Labute approximate surface area is 129 Å². The quantitative estimate of drug-likeness (QED) is 0.807. The molecule has 0 fully saturated rings. The number of hydrogen-bond acceptors (Lipinski definition) is 3. The Morgan fingerprint density at radius 1 is 1.24 bits per heavy atom. The van der Waals surface area contributed by atoms with Gasteiger partial charge in [0, 0.05) is 25.7 Å². The highest BCUT2D eigenvalue weighted by atomic mass is 32.1. The van der Waals surface area contributed by atoms with E-state index in [9.17, 15) is 4.79 Å². The summed E-state index contributed by atoms with van der Waals surface area (Å²) in [7, 11) is 3.49. The van der Waals surface area contributed by atoms with Crippen molar-refractivity contribution in [3.05, 3.63) is 46.0 Å². The van der Waals surface area contributed by atoms with Crippen LogP contribution in [0.2, 0.25) is 0 Å². The van der Waals surface area contributed by atoms with Gasteiger partial charge in [0.05, 0.1) is 10.6 Å². The lowest BCUT2D eigenvalue weighted by atomic mass is 10.1. The van der Waals surface area contributed by atoms with Gasteiger partial charge in [-0.3, -0.25) is 4.79 Å². The first kappa shape index (κ1) is 15.4. The molecule has 0 radical (unpaired) electrons. The monoisotopic (exact) mass is 300 g/mol. The van der Waals surface area contributed by atoms with Crippen LogP contribution in [0.15, 0.2) is 24.3 Å². The van der Waals surface area contributed by atoms with Gasteiger partial charge in [-0.1, -0.05) is 23.8 Å². The normalized spacial score (nSPS) is 11.1. The van der Waals surface area contributed by atoms with E-state index in [0.29, 0.717) is 0 Å². The van der Waals surface area contributed by atoms with Crippen molar-refractivity contribution < 1.29 is 4.79 Å². The van der Waals surface area contributed by atoms with Gasteiger partial charge in [0.25, 0.3) is 0 Å². The lowest BCUT2D eigenvalue weighted by Gasteiger charge is -2.04. The van der Waals surface area contributed by atoms with E-state index in [1.54, 1.807) is 36.4 Å². The summed E-state index contributed by atoms with van der Waals surface area (Å²) in [6.07, 6.45) is 3.44. The van der Waals surface area contributed by atoms with Gasteiger partial charge in [0.2, 0.25) is 5.91 Å². The number of aryl methyl sites for hydroxylation is 3. The highest BCUT2D eigenvalue weighted by Crippen LogP contribution is 2.31. The van der Waals surface area contributed by atoms with Crippen molar-refractivity contribution >= 4 is 23.3 Å². The van der Waals surface area contributed by atoms with Gasteiger partial charge in [-0.25, -0.2) is 4.98 Å². The Kier molecular flexibility index (Phi) is 4.58. The first-order valence-electron chi connectivity index (χ1n) is 6.83. The summed E-state index contributed by atoms with van der Waals surface area (Å²) in [6, 6.07) is 6.38. The topological polar surface area (TPSA) is 33.2 Å². The van der Waals surface area contributed by atoms with Gasteiger partial charge in [-0.2, -0.15) is 0 Å². The summed E-state index contributed by atoms with van der Waals surface area (Å²) in [5.74, 6) is -0.0177. The van der Waals surface area contributed by atoms with Crippen LogP contribution < -0.4 is 0 Å². The van der Waals surface area contributed by atoms with Crippen LogP contribution in [-0.2, 0) is 4.79 Å². The van der Waals surface area contributed by atoms with Crippen LogP contribution >= 0.6 is 11.3 Å².